The Bertz CT molecular complexity index is 1230. The molecule has 4 heteroatoms. The molecule has 4 aromatic rings. The Hall–Kier alpha value is -2.98. The Morgan fingerprint density at radius 3 is 1.77 bits per heavy atom. The summed E-state index contributed by atoms with van der Waals surface area (Å²) in [5, 5.41) is 7.27. The number of ketones is 1. The van der Waals surface area contributed by atoms with Gasteiger partial charge in [-0.3, -0.25) is 4.79 Å². The molecule has 0 spiro atoms. The number of thiophene rings is 1. The Morgan fingerprint density at radius 1 is 0.700 bits per heavy atom. The molecule has 1 aliphatic rings. The molecule has 0 saturated heterocycles. The average Bonchev–Trinajstić information content (AvgIpc) is 3.68. The molecule has 0 unspecified atom stereocenters. The zero-order chi connectivity index (χ0) is 30.7. The molecule has 0 saturated carbocycles. The highest BCUT2D eigenvalue weighted by molar-refractivity contribution is 7.10. The molecular formula is C36H53NO2S. The van der Waals surface area contributed by atoms with E-state index in [1.165, 1.54) is 10.5 Å². The molecule has 0 amide bonds. The van der Waals surface area contributed by atoms with Crippen molar-refractivity contribution in [2.75, 3.05) is 0 Å². The van der Waals surface area contributed by atoms with E-state index >= 15 is 0 Å². The van der Waals surface area contributed by atoms with Crippen molar-refractivity contribution in [3.63, 3.8) is 0 Å². The molecule has 0 fully saturated rings. The Kier molecular flexibility index (Phi) is 19.3. The number of rotatable bonds is 3. The molecule has 3 nitrogen and oxygen atoms in total. The normalized spacial score (nSPS) is 11.3. The van der Waals surface area contributed by atoms with Crippen molar-refractivity contribution >= 4 is 33.7 Å². The van der Waals surface area contributed by atoms with Crippen LogP contribution in [-0.2, 0) is 0 Å². The number of allylic oxidation sites excluding steroid dienone is 2. The van der Waals surface area contributed by atoms with Crippen molar-refractivity contribution in [3.8, 4) is 0 Å². The number of para-hydroxylation sites is 1. The topological polar surface area (TPSA) is 43.1 Å². The smallest absolute Gasteiger partial charge is 0.167 e. The van der Waals surface area contributed by atoms with Gasteiger partial charge in [0.15, 0.2) is 11.4 Å². The summed E-state index contributed by atoms with van der Waals surface area (Å²) in [5.41, 5.74) is 5.24. The molecule has 5 rings (SSSR count). The van der Waals surface area contributed by atoms with E-state index in [0.29, 0.717) is 24.2 Å². The first-order valence-electron chi connectivity index (χ1n) is 15.0. The van der Waals surface area contributed by atoms with Gasteiger partial charge in [-0.25, -0.2) is 0 Å². The summed E-state index contributed by atoms with van der Waals surface area (Å²) in [7, 11) is 0. The first-order valence-corrected chi connectivity index (χ1v) is 15.9. The van der Waals surface area contributed by atoms with Crippen LogP contribution in [-0.4, -0.2) is 10.9 Å². The van der Waals surface area contributed by atoms with Crippen molar-refractivity contribution in [1.29, 1.82) is 0 Å². The summed E-state index contributed by atoms with van der Waals surface area (Å²) >= 11 is 1.83. The summed E-state index contributed by atoms with van der Waals surface area (Å²) in [6.07, 6.45) is 2.62. The molecule has 0 aliphatic heterocycles. The SMILES string of the molecule is CC.CC.CC.CC(C)C1=CCC(=O)c2ccccc21.CC(C)c1cccs1.CC(C)c1noc2ccccc12. The fourth-order valence-electron chi connectivity index (χ4n) is 3.89. The zero-order valence-electron chi connectivity index (χ0n) is 27.0. The fraction of sp³-hybridized carbons (Fsp3) is 0.444. The van der Waals surface area contributed by atoms with Gasteiger partial charge >= 0.3 is 0 Å². The molecule has 2 heterocycles. The van der Waals surface area contributed by atoms with E-state index in [1.54, 1.807) is 0 Å². The highest BCUT2D eigenvalue weighted by Gasteiger charge is 2.19. The molecule has 40 heavy (non-hydrogen) atoms. The van der Waals surface area contributed by atoms with Gasteiger partial charge < -0.3 is 4.52 Å². The molecule has 1 aliphatic carbocycles. The van der Waals surface area contributed by atoms with E-state index < -0.39 is 0 Å². The zero-order valence-corrected chi connectivity index (χ0v) is 27.9. The maximum Gasteiger partial charge on any atom is 0.167 e. The quantitative estimate of drug-likeness (QED) is 0.249. The first kappa shape index (κ1) is 37.0. The molecule has 2 aromatic heterocycles. The lowest BCUT2D eigenvalue weighted by Crippen LogP contribution is -2.10. The van der Waals surface area contributed by atoms with Crippen LogP contribution >= 0.6 is 11.3 Å². The van der Waals surface area contributed by atoms with Gasteiger partial charge in [-0.1, -0.05) is 137 Å². The van der Waals surface area contributed by atoms with Crippen LogP contribution in [0.2, 0.25) is 0 Å². The molecule has 0 N–H and O–H groups in total. The van der Waals surface area contributed by atoms with Crippen LogP contribution < -0.4 is 0 Å². The van der Waals surface area contributed by atoms with Crippen molar-refractivity contribution in [1.82, 2.24) is 5.16 Å². The molecule has 220 valence electrons. The lowest BCUT2D eigenvalue weighted by Gasteiger charge is -2.19. The largest absolute Gasteiger partial charge is 0.356 e. The van der Waals surface area contributed by atoms with Crippen LogP contribution in [0.3, 0.4) is 0 Å². The van der Waals surface area contributed by atoms with Crippen LogP contribution in [0.4, 0.5) is 0 Å². The Morgan fingerprint density at radius 2 is 1.27 bits per heavy atom. The number of aromatic nitrogens is 1. The van der Waals surface area contributed by atoms with E-state index in [0.717, 1.165) is 27.8 Å². The molecular weight excluding hydrogens is 510 g/mol. The van der Waals surface area contributed by atoms with E-state index in [9.17, 15) is 4.79 Å². The lowest BCUT2D eigenvalue weighted by molar-refractivity contribution is 0.0994. The van der Waals surface area contributed by atoms with Gasteiger partial charge in [-0.15, -0.1) is 11.3 Å². The number of Topliss-reactive ketones (excluding diaryl/α,β-unsaturated/α-hetero) is 1. The minimum atomic E-state index is 0.241. The number of carbonyl (C=O) groups is 1. The molecule has 0 radical (unpaired) electrons. The van der Waals surface area contributed by atoms with Gasteiger partial charge in [-0.05, 0) is 52.5 Å². The third kappa shape index (κ3) is 11.3. The van der Waals surface area contributed by atoms with Crippen LogP contribution in [0.15, 0.2) is 76.6 Å². The van der Waals surface area contributed by atoms with Crippen molar-refractivity contribution in [2.24, 2.45) is 5.92 Å². The van der Waals surface area contributed by atoms with Gasteiger partial charge in [0.25, 0.3) is 0 Å². The van der Waals surface area contributed by atoms with Crippen LogP contribution in [0.1, 0.15) is 128 Å². The van der Waals surface area contributed by atoms with E-state index in [4.69, 9.17) is 4.52 Å². The van der Waals surface area contributed by atoms with E-state index in [1.807, 2.05) is 101 Å². The number of hydrogen-bond donors (Lipinski definition) is 0. The minimum absolute atomic E-state index is 0.241. The Balaban J connectivity index is 0.000000534. The van der Waals surface area contributed by atoms with E-state index in [2.05, 4.69) is 70.3 Å². The minimum Gasteiger partial charge on any atom is -0.356 e. The van der Waals surface area contributed by atoms with E-state index in [-0.39, 0.29) is 5.78 Å². The second kappa shape index (κ2) is 20.9. The maximum atomic E-state index is 11.6. The van der Waals surface area contributed by atoms with Crippen LogP contribution in [0, 0.1) is 5.92 Å². The maximum absolute atomic E-state index is 11.6. The van der Waals surface area contributed by atoms with Crippen LogP contribution in [0.25, 0.3) is 16.5 Å². The average molecular weight is 564 g/mol. The number of hydrogen-bond acceptors (Lipinski definition) is 4. The second-order valence-electron chi connectivity index (χ2n) is 9.38. The number of nitrogens with zero attached hydrogens (tertiary/aromatic N) is 1. The predicted octanol–water partition coefficient (Wildman–Crippen LogP) is 12.2. The molecule has 2 aromatic carbocycles. The third-order valence-electron chi connectivity index (χ3n) is 5.73. The highest BCUT2D eigenvalue weighted by Crippen LogP contribution is 2.31. The van der Waals surface area contributed by atoms with Gasteiger partial charge in [0.1, 0.15) is 0 Å². The number of fused-ring (bicyclic) bond motifs is 2. The summed E-state index contributed by atoms with van der Waals surface area (Å²) < 4.78 is 5.16. The van der Waals surface area contributed by atoms with Gasteiger partial charge in [0.05, 0.1) is 5.69 Å². The Labute approximate surface area is 248 Å². The fourth-order valence-corrected chi connectivity index (χ4v) is 4.63. The van der Waals surface area contributed by atoms with Crippen LogP contribution in [0.5, 0.6) is 0 Å². The first-order chi connectivity index (χ1) is 19.3. The number of benzene rings is 2. The highest BCUT2D eigenvalue weighted by atomic mass is 32.1. The van der Waals surface area contributed by atoms with Gasteiger partial charge in [0, 0.05) is 22.2 Å². The second-order valence-corrected chi connectivity index (χ2v) is 10.4. The summed E-state index contributed by atoms with van der Waals surface area (Å²) in [5.74, 6) is 1.86. The van der Waals surface area contributed by atoms with Gasteiger partial charge in [0.2, 0.25) is 0 Å². The molecule has 0 atom stereocenters. The third-order valence-corrected chi connectivity index (χ3v) is 6.91. The summed E-state index contributed by atoms with van der Waals surface area (Å²) in [6, 6.07) is 20.1. The van der Waals surface area contributed by atoms with Crippen molar-refractivity contribution < 1.29 is 9.32 Å². The number of carbonyl (C=O) groups excluding carboxylic acids is 1. The summed E-state index contributed by atoms with van der Waals surface area (Å²) in [4.78, 5) is 13.1. The monoisotopic (exact) mass is 563 g/mol. The van der Waals surface area contributed by atoms with Gasteiger partial charge in [-0.2, -0.15) is 0 Å². The predicted molar refractivity (Wildman–Crippen MR) is 179 cm³/mol. The van der Waals surface area contributed by atoms with Crippen molar-refractivity contribution in [2.45, 2.75) is 101 Å². The molecule has 0 bridgehead atoms. The summed E-state index contributed by atoms with van der Waals surface area (Å²) in [6.45, 7) is 25.0. The lowest BCUT2D eigenvalue weighted by atomic mass is 9.85. The standard InChI is InChI=1S/C13H14O.C10H11NO.C7H10S.3C2H6/c1-9(2)10-7-8-13(14)12-6-4-3-5-11(10)12;1-7(2)10-8-5-3-4-6-9(8)12-11-10;1-6(2)7-4-3-5-8-7;3*1-2/h3-7,9H,8H2,1-2H3;3-7H,1-2H3;3-6H,1-2H3;3*1-2H3. The van der Waals surface area contributed by atoms with Crippen molar-refractivity contribution in [3.05, 3.63) is 93.8 Å².